The summed E-state index contributed by atoms with van der Waals surface area (Å²) in [6, 6.07) is 4.92. The number of hydrogen-bond acceptors (Lipinski definition) is 3. The van der Waals surface area contributed by atoms with Crippen molar-refractivity contribution >= 4 is 0 Å². The predicted octanol–water partition coefficient (Wildman–Crippen LogP) is 1.81. The Morgan fingerprint density at radius 2 is 1.73 bits per heavy atom. The van der Waals surface area contributed by atoms with E-state index >= 15 is 0 Å². The van der Waals surface area contributed by atoms with Gasteiger partial charge in [0.2, 0.25) is 0 Å². The second-order valence-corrected chi connectivity index (χ2v) is 4.34. The van der Waals surface area contributed by atoms with Crippen LogP contribution in [0.5, 0.6) is 0 Å². The largest absolute Gasteiger partial charge is 0.326 e. The highest BCUT2D eigenvalue weighted by atomic mass is 15.2. The summed E-state index contributed by atoms with van der Waals surface area (Å²) in [7, 11) is 2.11. The van der Waals surface area contributed by atoms with Crippen molar-refractivity contribution in [3.05, 3.63) is 30.1 Å². The Balaban J connectivity index is 2.93. The third kappa shape index (κ3) is 3.01. The number of rotatable bonds is 4. The van der Waals surface area contributed by atoms with Gasteiger partial charge in [-0.1, -0.05) is 0 Å². The van der Waals surface area contributed by atoms with Crippen molar-refractivity contribution < 1.29 is 0 Å². The van der Waals surface area contributed by atoms with Crippen molar-refractivity contribution in [2.45, 2.75) is 38.9 Å². The molecule has 15 heavy (non-hydrogen) atoms. The average Bonchev–Trinajstić information content (AvgIpc) is 2.18. The number of nitrogens with zero attached hydrogens (tertiary/aromatic N) is 2. The minimum atomic E-state index is 0.111. The van der Waals surface area contributed by atoms with Crippen LogP contribution in [-0.4, -0.2) is 29.0 Å². The zero-order valence-corrected chi connectivity index (χ0v) is 10.0. The lowest BCUT2D eigenvalue weighted by Gasteiger charge is -2.34. The Morgan fingerprint density at radius 1 is 1.20 bits per heavy atom. The summed E-state index contributed by atoms with van der Waals surface area (Å²) in [6.45, 7) is 6.40. The lowest BCUT2D eigenvalue weighted by molar-refractivity contribution is 0.175. The van der Waals surface area contributed by atoms with Gasteiger partial charge < -0.3 is 5.73 Å². The number of nitrogens with two attached hydrogens (primary N) is 1. The Kier molecular flexibility index (Phi) is 4.24. The van der Waals surface area contributed by atoms with Crippen LogP contribution in [0.15, 0.2) is 24.5 Å². The zero-order chi connectivity index (χ0) is 11.4. The van der Waals surface area contributed by atoms with Crippen LogP contribution in [0.1, 0.15) is 32.4 Å². The van der Waals surface area contributed by atoms with E-state index in [0.29, 0.717) is 6.04 Å². The first kappa shape index (κ1) is 12.1. The first-order chi connectivity index (χ1) is 7.04. The van der Waals surface area contributed by atoms with Crippen LogP contribution in [0.2, 0.25) is 0 Å². The van der Waals surface area contributed by atoms with Crippen molar-refractivity contribution in [3.8, 4) is 0 Å². The molecule has 0 fully saturated rings. The quantitative estimate of drug-likeness (QED) is 0.818. The SMILES string of the molecule is CC(N)C(c1ccncc1)N(C)C(C)C. The van der Waals surface area contributed by atoms with Crippen molar-refractivity contribution in [1.82, 2.24) is 9.88 Å². The minimum absolute atomic E-state index is 0.111. The standard InChI is InChI=1S/C12H21N3/c1-9(2)15(4)12(10(3)13)11-5-7-14-8-6-11/h5-10,12H,13H2,1-4H3. The van der Waals surface area contributed by atoms with E-state index in [1.165, 1.54) is 5.56 Å². The molecular weight excluding hydrogens is 186 g/mol. The van der Waals surface area contributed by atoms with Gasteiger partial charge in [0, 0.05) is 30.5 Å². The fraction of sp³-hybridized carbons (Fsp3) is 0.583. The molecule has 0 bridgehead atoms. The van der Waals surface area contributed by atoms with Crippen LogP contribution < -0.4 is 5.73 Å². The molecule has 0 aliphatic carbocycles. The molecule has 3 heteroatoms. The summed E-state index contributed by atoms with van der Waals surface area (Å²) < 4.78 is 0. The molecule has 84 valence electrons. The maximum absolute atomic E-state index is 6.05. The number of likely N-dealkylation sites (N-methyl/N-ethyl adjacent to an activating group) is 1. The molecular formula is C12H21N3. The van der Waals surface area contributed by atoms with Crippen molar-refractivity contribution in [1.29, 1.82) is 0 Å². The van der Waals surface area contributed by atoms with Crippen LogP contribution in [0, 0.1) is 0 Å². The molecule has 1 rings (SSSR count). The summed E-state index contributed by atoms with van der Waals surface area (Å²) >= 11 is 0. The molecule has 1 aromatic rings. The van der Waals surface area contributed by atoms with Gasteiger partial charge in [0.1, 0.15) is 0 Å². The summed E-state index contributed by atoms with van der Waals surface area (Å²) in [6.07, 6.45) is 3.64. The fourth-order valence-electron chi connectivity index (χ4n) is 1.79. The van der Waals surface area contributed by atoms with Gasteiger partial charge in [-0.2, -0.15) is 0 Å². The molecule has 2 unspecified atom stereocenters. The van der Waals surface area contributed by atoms with Crippen LogP contribution in [0.3, 0.4) is 0 Å². The van der Waals surface area contributed by atoms with Gasteiger partial charge in [0.05, 0.1) is 0 Å². The van der Waals surface area contributed by atoms with Gasteiger partial charge in [-0.05, 0) is 45.5 Å². The number of aromatic nitrogens is 1. The Bertz CT molecular complexity index is 282. The maximum Gasteiger partial charge on any atom is 0.0497 e. The average molecular weight is 207 g/mol. The normalized spacial score (nSPS) is 15.7. The topological polar surface area (TPSA) is 42.1 Å². The van der Waals surface area contributed by atoms with E-state index in [9.17, 15) is 0 Å². The van der Waals surface area contributed by atoms with Crippen LogP contribution >= 0.6 is 0 Å². The molecule has 2 atom stereocenters. The second-order valence-electron chi connectivity index (χ2n) is 4.34. The van der Waals surface area contributed by atoms with E-state index in [2.05, 4.69) is 30.8 Å². The summed E-state index contributed by atoms with van der Waals surface area (Å²) in [4.78, 5) is 6.32. The third-order valence-electron chi connectivity index (χ3n) is 2.80. The van der Waals surface area contributed by atoms with Crippen LogP contribution in [0.25, 0.3) is 0 Å². The van der Waals surface area contributed by atoms with E-state index in [4.69, 9.17) is 5.73 Å². The molecule has 0 saturated heterocycles. The highest BCUT2D eigenvalue weighted by Crippen LogP contribution is 2.23. The van der Waals surface area contributed by atoms with Crippen LogP contribution in [-0.2, 0) is 0 Å². The monoisotopic (exact) mass is 207 g/mol. The minimum Gasteiger partial charge on any atom is -0.326 e. The second kappa shape index (κ2) is 5.24. The van der Waals surface area contributed by atoms with Gasteiger partial charge in [-0.15, -0.1) is 0 Å². The molecule has 0 amide bonds. The number of hydrogen-bond donors (Lipinski definition) is 1. The first-order valence-electron chi connectivity index (χ1n) is 5.41. The Labute approximate surface area is 92.3 Å². The van der Waals surface area contributed by atoms with Crippen LogP contribution in [0.4, 0.5) is 0 Å². The molecule has 2 N–H and O–H groups in total. The smallest absolute Gasteiger partial charge is 0.0497 e. The van der Waals surface area contributed by atoms with Gasteiger partial charge in [0.25, 0.3) is 0 Å². The molecule has 0 aliphatic heterocycles. The molecule has 0 radical (unpaired) electrons. The summed E-state index contributed by atoms with van der Waals surface area (Å²) in [5.74, 6) is 0. The number of pyridine rings is 1. The van der Waals surface area contributed by atoms with Gasteiger partial charge >= 0.3 is 0 Å². The Hall–Kier alpha value is -0.930. The van der Waals surface area contributed by atoms with E-state index in [1.807, 2.05) is 31.5 Å². The molecule has 0 saturated carbocycles. The van der Waals surface area contributed by atoms with Gasteiger partial charge in [-0.3, -0.25) is 9.88 Å². The molecule has 0 aliphatic rings. The zero-order valence-electron chi connectivity index (χ0n) is 10.0. The van der Waals surface area contributed by atoms with Gasteiger partial charge in [-0.25, -0.2) is 0 Å². The molecule has 1 aromatic heterocycles. The van der Waals surface area contributed by atoms with E-state index in [0.717, 1.165) is 0 Å². The van der Waals surface area contributed by atoms with Gasteiger partial charge in [0.15, 0.2) is 0 Å². The van der Waals surface area contributed by atoms with E-state index < -0.39 is 0 Å². The molecule has 0 spiro atoms. The lowest BCUT2D eigenvalue weighted by Crippen LogP contribution is -2.40. The first-order valence-corrected chi connectivity index (χ1v) is 5.41. The molecule has 3 nitrogen and oxygen atoms in total. The molecule has 1 heterocycles. The third-order valence-corrected chi connectivity index (χ3v) is 2.80. The van der Waals surface area contributed by atoms with E-state index in [-0.39, 0.29) is 12.1 Å². The molecule has 0 aromatic carbocycles. The maximum atomic E-state index is 6.05. The highest BCUT2D eigenvalue weighted by molar-refractivity contribution is 5.17. The van der Waals surface area contributed by atoms with Crippen molar-refractivity contribution in [2.24, 2.45) is 5.73 Å². The van der Waals surface area contributed by atoms with Crippen molar-refractivity contribution in [3.63, 3.8) is 0 Å². The summed E-state index contributed by atoms with van der Waals surface area (Å²) in [5.41, 5.74) is 7.28. The van der Waals surface area contributed by atoms with E-state index in [1.54, 1.807) is 0 Å². The fourth-order valence-corrected chi connectivity index (χ4v) is 1.79. The van der Waals surface area contributed by atoms with Crippen molar-refractivity contribution in [2.75, 3.05) is 7.05 Å². The highest BCUT2D eigenvalue weighted by Gasteiger charge is 2.22. The lowest BCUT2D eigenvalue weighted by atomic mass is 10.00. The summed E-state index contributed by atoms with van der Waals surface area (Å²) in [5, 5.41) is 0. The predicted molar refractivity (Wildman–Crippen MR) is 63.5 cm³/mol. The Morgan fingerprint density at radius 3 is 2.13 bits per heavy atom.